The lowest BCUT2D eigenvalue weighted by molar-refractivity contribution is 0.210. The van der Waals surface area contributed by atoms with Crippen LogP contribution in [0, 0.1) is 0 Å². The van der Waals surface area contributed by atoms with Crippen LogP contribution in [-0.2, 0) is 6.54 Å². The van der Waals surface area contributed by atoms with Crippen LogP contribution in [0.4, 0.5) is 4.79 Å². The van der Waals surface area contributed by atoms with Crippen molar-refractivity contribution < 1.29 is 9.53 Å². The molecule has 0 atom stereocenters. The maximum Gasteiger partial charge on any atom is 0.316 e. The van der Waals surface area contributed by atoms with E-state index in [1.54, 1.807) is 21.7 Å². The standard InChI is InChI=1S/C13H11ClN2O2S/c14-13(17)16-3-4-18-11-2-1-9(5-10(11)7-16)12-6-15-8-19-12/h1-2,5-6,8H,3-4,7H2. The van der Waals surface area contributed by atoms with E-state index in [1.807, 2.05) is 24.4 Å². The highest BCUT2D eigenvalue weighted by Gasteiger charge is 2.19. The Balaban J connectivity index is 1.97. The zero-order chi connectivity index (χ0) is 13.2. The van der Waals surface area contributed by atoms with Gasteiger partial charge in [0, 0.05) is 11.8 Å². The van der Waals surface area contributed by atoms with E-state index in [0.717, 1.165) is 21.8 Å². The molecule has 2 heterocycles. The Bertz CT molecular complexity index is 601. The fourth-order valence-corrected chi connectivity index (χ4v) is 2.82. The monoisotopic (exact) mass is 294 g/mol. The molecule has 0 aliphatic carbocycles. The lowest BCUT2D eigenvalue weighted by Gasteiger charge is -2.15. The van der Waals surface area contributed by atoms with Gasteiger partial charge in [-0.25, -0.2) is 0 Å². The fraction of sp³-hybridized carbons (Fsp3) is 0.231. The predicted octanol–water partition coefficient (Wildman–Crippen LogP) is 3.36. The smallest absolute Gasteiger partial charge is 0.316 e. The van der Waals surface area contributed by atoms with Gasteiger partial charge in [-0.15, -0.1) is 11.3 Å². The molecule has 4 nitrogen and oxygen atoms in total. The summed E-state index contributed by atoms with van der Waals surface area (Å²) in [4.78, 5) is 18.0. The minimum Gasteiger partial charge on any atom is -0.491 e. The quantitative estimate of drug-likeness (QED) is 0.598. The second kappa shape index (κ2) is 5.19. The summed E-state index contributed by atoms with van der Waals surface area (Å²) in [6.45, 7) is 1.45. The van der Waals surface area contributed by atoms with E-state index in [4.69, 9.17) is 16.3 Å². The molecule has 3 rings (SSSR count). The van der Waals surface area contributed by atoms with Gasteiger partial charge >= 0.3 is 5.37 Å². The minimum atomic E-state index is -0.445. The van der Waals surface area contributed by atoms with Crippen LogP contribution < -0.4 is 4.74 Å². The Hall–Kier alpha value is -1.59. The van der Waals surface area contributed by atoms with E-state index in [2.05, 4.69) is 4.98 Å². The summed E-state index contributed by atoms with van der Waals surface area (Å²) in [6, 6.07) is 5.97. The second-order valence-electron chi connectivity index (χ2n) is 4.21. The van der Waals surface area contributed by atoms with E-state index in [-0.39, 0.29) is 0 Å². The third-order valence-electron chi connectivity index (χ3n) is 3.01. The maximum absolute atomic E-state index is 11.3. The molecule has 19 heavy (non-hydrogen) atoms. The van der Waals surface area contributed by atoms with Crippen molar-refractivity contribution in [3.8, 4) is 16.2 Å². The number of fused-ring (bicyclic) bond motifs is 1. The highest BCUT2D eigenvalue weighted by molar-refractivity contribution is 7.13. The Kier molecular flexibility index (Phi) is 3.40. The Morgan fingerprint density at radius 1 is 1.47 bits per heavy atom. The summed E-state index contributed by atoms with van der Waals surface area (Å²) < 4.78 is 5.64. The summed E-state index contributed by atoms with van der Waals surface area (Å²) in [7, 11) is 0. The lowest BCUT2D eigenvalue weighted by atomic mass is 10.1. The SMILES string of the molecule is O=C(Cl)N1CCOc2ccc(-c3cncs3)cc2C1. The van der Waals surface area contributed by atoms with Crippen molar-refractivity contribution in [1.29, 1.82) is 0 Å². The summed E-state index contributed by atoms with van der Waals surface area (Å²) in [5.74, 6) is 0.814. The van der Waals surface area contributed by atoms with Crippen molar-refractivity contribution >= 4 is 28.3 Å². The van der Waals surface area contributed by atoms with Crippen molar-refractivity contribution in [3.63, 3.8) is 0 Å². The average Bonchev–Trinajstić information content (AvgIpc) is 2.84. The lowest BCUT2D eigenvalue weighted by Crippen LogP contribution is -2.27. The van der Waals surface area contributed by atoms with Gasteiger partial charge in [-0.2, -0.15) is 0 Å². The number of halogens is 1. The van der Waals surface area contributed by atoms with Gasteiger partial charge in [0.2, 0.25) is 0 Å². The first kappa shape index (κ1) is 12.4. The molecular weight excluding hydrogens is 284 g/mol. The molecule has 0 N–H and O–H groups in total. The highest BCUT2D eigenvalue weighted by atomic mass is 35.5. The van der Waals surface area contributed by atoms with Crippen LogP contribution in [0.1, 0.15) is 5.56 Å². The Labute approximate surface area is 119 Å². The van der Waals surface area contributed by atoms with Gasteiger partial charge in [-0.1, -0.05) is 0 Å². The molecule has 1 amide bonds. The zero-order valence-corrected chi connectivity index (χ0v) is 11.6. The maximum atomic E-state index is 11.3. The third-order valence-corrected chi connectivity index (χ3v) is 4.07. The molecule has 0 bridgehead atoms. The number of hydrogen-bond acceptors (Lipinski definition) is 4. The molecule has 98 valence electrons. The molecule has 1 aliphatic heterocycles. The molecule has 6 heteroatoms. The molecule has 1 aliphatic rings. The molecule has 0 saturated carbocycles. The average molecular weight is 295 g/mol. The summed E-state index contributed by atoms with van der Waals surface area (Å²) in [5.41, 5.74) is 3.85. The second-order valence-corrected chi connectivity index (χ2v) is 5.42. The van der Waals surface area contributed by atoms with Gasteiger partial charge in [0.15, 0.2) is 0 Å². The normalized spacial score (nSPS) is 14.5. The van der Waals surface area contributed by atoms with Gasteiger partial charge in [-0.05, 0) is 35.4 Å². The van der Waals surface area contributed by atoms with Crippen molar-refractivity contribution in [3.05, 3.63) is 35.5 Å². The van der Waals surface area contributed by atoms with Crippen LogP contribution in [0.3, 0.4) is 0 Å². The molecule has 1 aromatic heterocycles. The number of amides is 1. The molecule has 0 unspecified atom stereocenters. The third kappa shape index (κ3) is 2.57. The van der Waals surface area contributed by atoms with Crippen molar-refractivity contribution in [2.24, 2.45) is 0 Å². The number of carbonyl (C=O) groups excluding carboxylic acids is 1. The molecule has 1 aromatic carbocycles. The number of carbonyl (C=O) groups is 1. The van der Waals surface area contributed by atoms with Crippen molar-refractivity contribution in [2.75, 3.05) is 13.2 Å². The first-order valence-electron chi connectivity index (χ1n) is 5.83. The highest BCUT2D eigenvalue weighted by Crippen LogP contribution is 2.31. The van der Waals surface area contributed by atoms with Crippen LogP contribution in [0.25, 0.3) is 10.4 Å². The number of aromatic nitrogens is 1. The van der Waals surface area contributed by atoms with Gasteiger partial charge in [0.25, 0.3) is 0 Å². The molecule has 0 fully saturated rings. The first-order chi connectivity index (χ1) is 9.24. The molecular formula is C13H11ClN2O2S. The number of ether oxygens (including phenoxy) is 1. The summed E-state index contributed by atoms with van der Waals surface area (Å²) in [6.07, 6.45) is 1.83. The number of thiazole rings is 1. The molecule has 0 spiro atoms. The topological polar surface area (TPSA) is 42.4 Å². The van der Waals surface area contributed by atoms with Gasteiger partial charge in [0.1, 0.15) is 12.4 Å². The van der Waals surface area contributed by atoms with E-state index in [0.29, 0.717) is 19.7 Å². The van der Waals surface area contributed by atoms with Crippen LogP contribution in [0.2, 0.25) is 0 Å². The minimum absolute atomic E-state index is 0.445. The van der Waals surface area contributed by atoms with Crippen LogP contribution in [-0.4, -0.2) is 28.4 Å². The largest absolute Gasteiger partial charge is 0.491 e. The van der Waals surface area contributed by atoms with Crippen molar-refractivity contribution in [2.45, 2.75) is 6.54 Å². The summed E-state index contributed by atoms with van der Waals surface area (Å²) >= 11 is 7.14. The van der Waals surface area contributed by atoms with Crippen LogP contribution >= 0.6 is 22.9 Å². The Morgan fingerprint density at radius 2 is 2.37 bits per heavy atom. The van der Waals surface area contributed by atoms with Gasteiger partial charge in [0.05, 0.1) is 23.5 Å². The molecule has 2 aromatic rings. The van der Waals surface area contributed by atoms with Crippen molar-refractivity contribution in [1.82, 2.24) is 9.88 Å². The zero-order valence-electron chi connectivity index (χ0n) is 10.0. The fourth-order valence-electron chi connectivity index (χ4n) is 2.06. The van der Waals surface area contributed by atoms with E-state index < -0.39 is 5.37 Å². The number of hydrogen-bond donors (Lipinski definition) is 0. The van der Waals surface area contributed by atoms with E-state index >= 15 is 0 Å². The number of benzene rings is 1. The molecule has 0 radical (unpaired) electrons. The summed E-state index contributed by atoms with van der Waals surface area (Å²) in [5, 5.41) is -0.445. The number of rotatable bonds is 1. The Morgan fingerprint density at radius 3 is 3.11 bits per heavy atom. The van der Waals surface area contributed by atoms with E-state index in [1.165, 1.54) is 0 Å². The van der Waals surface area contributed by atoms with Gasteiger partial charge < -0.3 is 9.64 Å². The molecule has 0 saturated heterocycles. The van der Waals surface area contributed by atoms with E-state index in [9.17, 15) is 4.79 Å². The predicted molar refractivity (Wildman–Crippen MR) is 74.7 cm³/mol. The van der Waals surface area contributed by atoms with Gasteiger partial charge in [-0.3, -0.25) is 9.78 Å². The first-order valence-corrected chi connectivity index (χ1v) is 7.09. The number of nitrogens with zero attached hydrogens (tertiary/aromatic N) is 2. The van der Waals surface area contributed by atoms with Crippen LogP contribution in [0.5, 0.6) is 5.75 Å². The van der Waals surface area contributed by atoms with Crippen LogP contribution in [0.15, 0.2) is 29.9 Å².